The van der Waals surface area contributed by atoms with Crippen LogP contribution in [0.3, 0.4) is 0 Å². The van der Waals surface area contributed by atoms with Gasteiger partial charge in [0.2, 0.25) is 0 Å². The monoisotopic (exact) mass is 380 g/mol. The first-order chi connectivity index (χ1) is 8.91. The van der Waals surface area contributed by atoms with Crippen LogP contribution in [0.15, 0.2) is 24.3 Å². The van der Waals surface area contributed by atoms with E-state index < -0.39 is 55.4 Å². The molecule has 0 heterocycles. The standard InChI is InChI=1S/C12H10O6Te/c13-5-1-3-7(11(17)9(5)15)19-8-4-2-6(14)10(16)12(8)18/h1-4,13-18H. The van der Waals surface area contributed by atoms with Crippen LogP contribution in [0.1, 0.15) is 0 Å². The van der Waals surface area contributed by atoms with Gasteiger partial charge in [-0.1, -0.05) is 0 Å². The summed E-state index contributed by atoms with van der Waals surface area (Å²) in [6, 6.07) is 5.31. The van der Waals surface area contributed by atoms with Crippen molar-refractivity contribution in [3.8, 4) is 34.5 Å². The molecule has 0 aliphatic heterocycles. The van der Waals surface area contributed by atoms with Crippen molar-refractivity contribution in [2.45, 2.75) is 0 Å². The van der Waals surface area contributed by atoms with Gasteiger partial charge in [-0.3, -0.25) is 0 Å². The van der Waals surface area contributed by atoms with Crippen molar-refractivity contribution in [1.82, 2.24) is 0 Å². The molecule has 6 N–H and O–H groups in total. The Morgan fingerprint density at radius 2 is 0.895 bits per heavy atom. The number of benzene rings is 2. The van der Waals surface area contributed by atoms with Gasteiger partial charge in [0.05, 0.1) is 0 Å². The van der Waals surface area contributed by atoms with Crippen molar-refractivity contribution in [1.29, 1.82) is 0 Å². The van der Waals surface area contributed by atoms with Crippen LogP contribution in [0.25, 0.3) is 0 Å². The number of rotatable bonds is 2. The van der Waals surface area contributed by atoms with Crippen molar-refractivity contribution in [3.05, 3.63) is 24.3 Å². The van der Waals surface area contributed by atoms with Gasteiger partial charge >= 0.3 is 118 Å². The average molecular weight is 378 g/mol. The van der Waals surface area contributed by atoms with Gasteiger partial charge in [-0.05, 0) is 0 Å². The molecule has 6 nitrogen and oxygen atoms in total. The third-order valence-corrected chi connectivity index (χ3v) is 5.54. The predicted octanol–water partition coefficient (Wildman–Crippen LogP) is -0.425. The maximum atomic E-state index is 9.68. The van der Waals surface area contributed by atoms with Gasteiger partial charge in [-0.25, -0.2) is 0 Å². The number of hydrogen-bond donors (Lipinski definition) is 6. The summed E-state index contributed by atoms with van der Waals surface area (Å²) in [7, 11) is 0. The van der Waals surface area contributed by atoms with Crippen molar-refractivity contribution in [3.63, 3.8) is 0 Å². The Balaban J connectivity index is 2.43. The third kappa shape index (κ3) is 2.43. The van der Waals surface area contributed by atoms with Gasteiger partial charge in [0.15, 0.2) is 0 Å². The van der Waals surface area contributed by atoms with Crippen molar-refractivity contribution < 1.29 is 30.6 Å². The Kier molecular flexibility index (Phi) is 3.51. The molecule has 19 heavy (non-hydrogen) atoms. The number of hydrogen-bond acceptors (Lipinski definition) is 6. The number of aromatic hydroxyl groups is 6. The fraction of sp³-hybridized carbons (Fsp3) is 0. The zero-order chi connectivity index (χ0) is 14.2. The van der Waals surface area contributed by atoms with Crippen LogP contribution < -0.4 is 7.22 Å². The van der Waals surface area contributed by atoms with Gasteiger partial charge in [0.25, 0.3) is 0 Å². The second-order valence-electron chi connectivity index (χ2n) is 3.66. The van der Waals surface area contributed by atoms with Gasteiger partial charge in [0.1, 0.15) is 0 Å². The molecule has 7 heteroatoms. The van der Waals surface area contributed by atoms with Crippen molar-refractivity contribution in [2.75, 3.05) is 0 Å². The first-order valence-electron chi connectivity index (χ1n) is 5.07. The van der Waals surface area contributed by atoms with Crippen LogP contribution in [-0.2, 0) is 0 Å². The van der Waals surface area contributed by atoms with Crippen LogP contribution in [0.2, 0.25) is 0 Å². The Bertz CT molecular complexity index is 585. The molecular formula is C12H10O6Te. The summed E-state index contributed by atoms with van der Waals surface area (Å²) in [6.45, 7) is 0. The van der Waals surface area contributed by atoms with Gasteiger partial charge < -0.3 is 0 Å². The quantitative estimate of drug-likeness (QED) is 0.312. The Hall–Kier alpha value is -1.97. The average Bonchev–Trinajstić information content (AvgIpc) is 2.39. The van der Waals surface area contributed by atoms with E-state index in [1.807, 2.05) is 0 Å². The van der Waals surface area contributed by atoms with Crippen molar-refractivity contribution >= 4 is 28.1 Å². The summed E-state index contributed by atoms with van der Waals surface area (Å²) in [5, 5.41) is 56.6. The molecule has 2 aromatic rings. The van der Waals surface area contributed by atoms with E-state index in [2.05, 4.69) is 0 Å². The molecule has 0 aliphatic rings. The molecule has 0 bridgehead atoms. The summed E-state index contributed by atoms with van der Waals surface area (Å²) in [6.07, 6.45) is 0. The zero-order valence-electron chi connectivity index (χ0n) is 9.40. The molecule has 0 atom stereocenters. The molecule has 0 saturated carbocycles. The molecule has 0 saturated heterocycles. The Morgan fingerprint density at radius 3 is 1.26 bits per heavy atom. The first kappa shape index (κ1) is 13.5. The molecule has 0 radical (unpaired) electrons. The van der Waals surface area contributed by atoms with E-state index in [-0.39, 0.29) is 0 Å². The fourth-order valence-corrected chi connectivity index (χ4v) is 3.94. The van der Waals surface area contributed by atoms with E-state index in [0.717, 1.165) is 0 Å². The van der Waals surface area contributed by atoms with E-state index in [4.69, 9.17) is 0 Å². The van der Waals surface area contributed by atoms with Crippen LogP contribution in [0, 0.1) is 0 Å². The second-order valence-corrected chi connectivity index (χ2v) is 6.76. The summed E-state index contributed by atoms with van der Waals surface area (Å²) < 4.78 is 0.752. The Labute approximate surface area is 117 Å². The van der Waals surface area contributed by atoms with E-state index in [1.54, 1.807) is 0 Å². The molecule has 0 aliphatic carbocycles. The summed E-state index contributed by atoms with van der Waals surface area (Å²) in [4.78, 5) is 0. The number of phenolic OH excluding ortho intramolecular Hbond substituents is 6. The first-order valence-corrected chi connectivity index (χ1v) is 7.40. The van der Waals surface area contributed by atoms with Crippen molar-refractivity contribution in [2.24, 2.45) is 0 Å². The molecule has 0 aromatic heterocycles. The van der Waals surface area contributed by atoms with Gasteiger partial charge in [-0.2, -0.15) is 0 Å². The van der Waals surface area contributed by atoms with E-state index in [9.17, 15) is 30.6 Å². The normalized spacial score (nSPS) is 10.5. The number of phenols is 6. The molecule has 0 amide bonds. The molecule has 2 rings (SSSR count). The molecule has 2 aromatic carbocycles. The molecule has 0 fully saturated rings. The van der Waals surface area contributed by atoms with Crippen LogP contribution >= 0.6 is 0 Å². The van der Waals surface area contributed by atoms with Gasteiger partial charge in [0, 0.05) is 0 Å². The summed E-state index contributed by atoms with van der Waals surface area (Å²) in [5.74, 6) is -3.02. The Morgan fingerprint density at radius 1 is 0.526 bits per heavy atom. The minimum absolute atomic E-state index is 0.376. The van der Waals surface area contributed by atoms with E-state index in [1.165, 1.54) is 24.3 Å². The summed E-state index contributed by atoms with van der Waals surface area (Å²) >= 11 is -1.32. The molecule has 100 valence electrons. The maximum absolute atomic E-state index is 9.68. The van der Waals surface area contributed by atoms with Crippen LogP contribution in [0.4, 0.5) is 0 Å². The molecule has 0 spiro atoms. The fourth-order valence-electron chi connectivity index (χ4n) is 1.38. The topological polar surface area (TPSA) is 121 Å². The summed E-state index contributed by atoms with van der Waals surface area (Å²) in [5.41, 5.74) is 0. The second kappa shape index (κ2) is 4.96. The zero-order valence-corrected chi connectivity index (χ0v) is 11.7. The minimum atomic E-state index is -1.32. The van der Waals surface area contributed by atoms with Crippen LogP contribution in [-0.4, -0.2) is 51.6 Å². The van der Waals surface area contributed by atoms with E-state index in [0.29, 0.717) is 7.22 Å². The third-order valence-electron chi connectivity index (χ3n) is 2.41. The molecular weight excluding hydrogens is 368 g/mol. The van der Waals surface area contributed by atoms with E-state index >= 15 is 0 Å². The van der Waals surface area contributed by atoms with Gasteiger partial charge in [-0.15, -0.1) is 0 Å². The SMILES string of the molecule is Oc1ccc([Te]c2ccc(O)c(O)c2O)c(O)c1O. The van der Waals surface area contributed by atoms with Crippen LogP contribution in [0.5, 0.6) is 34.5 Å². The molecule has 0 unspecified atom stereocenters. The predicted molar refractivity (Wildman–Crippen MR) is 67.9 cm³/mol.